The van der Waals surface area contributed by atoms with Crippen LogP contribution < -0.4 is 25.4 Å². The van der Waals surface area contributed by atoms with E-state index in [-0.39, 0.29) is 0 Å². The molecule has 0 amide bonds. The number of allylic oxidation sites excluding steroid dienone is 6. The Labute approximate surface area is 258 Å². The Kier molecular flexibility index (Phi) is 7.52. The van der Waals surface area contributed by atoms with E-state index in [4.69, 9.17) is 9.47 Å². The lowest BCUT2D eigenvalue weighted by Gasteiger charge is -2.22. The van der Waals surface area contributed by atoms with E-state index in [0.29, 0.717) is 6.61 Å². The molecular weight excluding hydrogens is 544 g/mol. The molecule has 0 bridgehead atoms. The van der Waals surface area contributed by atoms with Crippen LogP contribution in [0.4, 0.5) is 11.4 Å². The van der Waals surface area contributed by atoms with Crippen LogP contribution in [-0.2, 0) is 0 Å². The molecular formula is C38H38N4O2+2. The summed E-state index contributed by atoms with van der Waals surface area (Å²) in [7, 11) is 4.17. The molecule has 2 aliphatic heterocycles. The molecule has 220 valence electrons. The minimum absolute atomic E-state index is 0.477. The summed E-state index contributed by atoms with van der Waals surface area (Å²) in [4.78, 5) is 3.39. The quantitative estimate of drug-likeness (QED) is 0.238. The second kappa shape index (κ2) is 11.9. The molecule has 0 fully saturated rings. The minimum Gasteiger partial charge on any atom is -0.483 e. The number of nitrogens with zero attached hydrogens (tertiary/aromatic N) is 1. The number of quaternary nitrogens is 2. The second-order valence-corrected chi connectivity index (χ2v) is 11.6. The first-order chi connectivity index (χ1) is 21.5. The molecule has 0 radical (unpaired) electrons. The van der Waals surface area contributed by atoms with E-state index < -0.39 is 0 Å². The van der Waals surface area contributed by atoms with Crippen molar-refractivity contribution >= 4 is 32.9 Å². The van der Waals surface area contributed by atoms with Gasteiger partial charge in [-0.2, -0.15) is 0 Å². The molecule has 2 heterocycles. The van der Waals surface area contributed by atoms with Gasteiger partial charge < -0.3 is 25.4 Å². The molecule has 0 saturated carbocycles. The Morgan fingerprint density at radius 2 is 1.70 bits per heavy atom. The number of likely N-dealkylation sites (N-methyl/N-ethyl adjacent to an activating group) is 1. The fraction of sp³-hybridized carbons (Fsp3) is 0.158. The molecule has 0 saturated heterocycles. The number of hydrogen-bond acceptors (Lipinski definition) is 4. The molecule has 5 N–H and O–H groups in total. The normalized spacial score (nSPS) is 19.6. The third kappa shape index (κ3) is 5.41. The summed E-state index contributed by atoms with van der Waals surface area (Å²) in [5.74, 6) is 2.48. The van der Waals surface area contributed by atoms with Crippen molar-refractivity contribution in [2.45, 2.75) is 19.3 Å². The fourth-order valence-electron chi connectivity index (χ4n) is 6.25. The third-order valence-electron chi connectivity index (χ3n) is 8.47. The Bertz CT molecular complexity index is 1940. The molecule has 1 atom stereocenters. The maximum absolute atomic E-state index is 6.32. The highest BCUT2D eigenvalue weighted by atomic mass is 16.5. The molecule has 3 aliphatic rings. The van der Waals surface area contributed by atoms with E-state index in [2.05, 4.69) is 127 Å². The van der Waals surface area contributed by atoms with Gasteiger partial charge in [0.05, 0.1) is 11.4 Å². The smallest absolute Gasteiger partial charge is 0.198 e. The lowest BCUT2D eigenvalue weighted by molar-refractivity contribution is -0.741. The lowest BCUT2D eigenvalue weighted by atomic mass is 9.90. The first-order valence-corrected chi connectivity index (χ1v) is 15.2. The number of fused-ring (bicyclic) bond motifs is 4. The van der Waals surface area contributed by atoms with E-state index in [1.54, 1.807) is 0 Å². The number of benzene rings is 4. The highest BCUT2D eigenvalue weighted by molar-refractivity contribution is 5.95. The van der Waals surface area contributed by atoms with Gasteiger partial charge in [-0.25, -0.2) is 4.90 Å². The highest BCUT2D eigenvalue weighted by Gasteiger charge is 2.27. The van der Waals surface area contributed by atoms with Crippen molar-refractivity contribution in [3.8, 4) is 11.5 Å². The molecule has 1 unspecified atom stereocenters. The van der Waals surface area contributed by atoms with E-state index in [0.717, 1.165) is 64.2 Å². The Morgan fingerprint density at radius 1 is 0.932 bits per heavy atom. The summed E-state index contributed by atoms with van der Waals surface area (Å²) in [5, 5.41) is 8.00. The monoisotopic (exact) mass is 582 g/mol. The fourth-order valence-corrected chi connectivity index (χ4v) is 6.25. The number of nitrogens with one attached hydrogen (secondary N) is 2. The van der Waals surface area contributed by atoms with Crippen LogP contribution in [0.5, 0.6) is 11.5 Å². The zero-order valence-corrected chi connectivity index (χ0v) is 25.3. The summed E-state index contributed by atoms with van der Waals surface area (Å²) >= 11 is 0. The summed E-state index contributed by atoms with van der Waals surface area (Å²) in [6, 6.07) is 25.0. The predicted molar refractivity (Wildman–Crippen MR) is 178 cm³/mol. The Morgan fingerprint density at radius 3 is 2.52 bits per heavy atom. The van der Waals surface area contributed by atoms with E-state index in [9.17, 15) is 0 Å². The molecule has 0 aromatic heterocycles. The van der Waals surface area contributed by atoms with Gasteiger partial charge in [0.25, 0.3) is 0 Å². The molecule has 4 aromatic carbocycles. The van der Waals surface area contributed by atoms with Crippen LogP contribution in [0.3, 0.4) is 0 Å². The van der Waals surface area contributed by atoms with Crippen molar-refractivity contribution in [3.63, 3.8) is 0 Å². The van der Waals surface area contributed by atoms with Gasteiger partial charge in [0.15, 0.2) is 23.1 Å². The number of ether oxygens (including phenoxy) is 2. The number of anilines is 1. The summed E-state index contributed by atoms with van der Waals surface area (Å²) in [6.07, 6.45) is 18.5. The van der Waals surface area contributed by atoms with Gasteiger partial charge in [0.2, 0.25) is 0 Å². The third-order valence-corrected chi connectivity index (χ3v) is 8.47. The molecule has 44 heavy (non-hydrogen) atoms. The van der Waals surface area contributed by atoms with Gasteiger partial charge in [0.1, 0.15) is 24.7 Å². The van der Waals surface area contributed by atoms with Gasteiger partial charge in [0, 0.05) is 48.2 Å². The zero-order valence-electron chi connectivity index (χ0n) is 25.3. The largest absolute Gasteiger partial charge is 0.483 e. The summed E-state index contributed by atoms with van der Waals surface area (Å²) in [6.45, 7) is 0.477. The Hall–Kier alpha value is -5.04. The van der Waals surface area contributed by atoms with Gasteiger partial charge in [-0.05, 0) is 60.4 Å². The number of hydrogen-bond donors (Lipinski definition) is 3. The highest BCUT2D eigenvalue weighted by Crippen LogP contribution is 2.40. The topological polar surface area (TPSA) is 65.8 Å². The van der Waals surface area contributed by atoms with Crippen LogP contribution in [0.15, 0.2) is 144 Å². The lowest BCUT2D eigenvalue weighted by Crippen LogP contribution is -3.00. The second-order valence-electron chi connectivity index (χ2n) is 11.6. The Balaban J connectivity index is 1.17. The first-order valence-electron chi connectivity index (χ1n) is 15.2. The van der Waals surface area contributed by atoms with E-state index in [1.165, 1.54) is 32.8 Å². The zero-order chi connectivity index (χ0) is 30.0. The van der Waals surface area contributed by atoms with Gasteiger partial charge >= 0.3 is 0 Å². The summed E-state index contributed by atoms with van der Waals surface area (Å²) < 4.78 is 12.6. The van der Waals surface area contributed by atoms with Crippen LogP contribution >= 0.6 is 0 Å². The predicted octanol–water partition coefficient (Wildman–Crippen LogP) is 6.33. The van der Waals surface area contributed by atoms with Crippen LogP contribution in [0, 0.1) is 0 Å². The van der Waals surface area contributed by atoms with Crippen molar-refractivity contribution in [1.82, 2.24) is 4.90 Å². The average molecular weight is 583 g/mol. The van der Waals surface area contributed by atoms with Crippen LogP contribution in [0.1, 0.15) is 19.3 Å². The average Bonchev–Trinajstić information content (AvgIpc) is 3.71. The maximum atomic E-state index is 6.32. The number of rotatable bonds is 7. The van der Waals surface area contributed by atoms with Crippen LogP contribution in [-0.4, -0.2) is 25.6 Å². The van der Waals surface area contributed by atoms with Gasteiger partial charge in [-0.1, -0.05) is 60.7 Å². The minimum atomic E-state index is 0.477. The standard InChI is InChI=1S/C38H36N4O2/c1-41(2)30-22-23-42(25-30)36-28(13-8-24-43-37-31-14-5-3-9-26(31)16-19-33(37)39)11-7-12-29(36)18-21-35-40-34-20-17-27-10-4-6-15-32(27)38(34)44-35/h3-6,8-10,13-23,25,40H,7,11-12,24,39H2,1-2H3/p+2/b13-8+,29-18+,35-21-. The van der Waals surface area contributed by atoms with E-state index >= 15 is 0 Å². The van der Waals surface area contributed by atoms with Crippen molar-refractivity contribution in [2.24, 2.45) is 0 Å². The molecule has 6 heteroatoms. The molecule has 7 rings (SSSR count). The van der Waals surface area contributed by atoms with Crippen molar-refractivity contribution in [3.05, 3.63) is 144 Å². The van der Waals surface area contributed by atoms with Crippen LogP contribution in [0.2, 0.25) is 0 Å². The van der Waals surface area contributed by atoms with Crippen molar-refractivity contribution in [1.29, 1.82) is 0 Å². The van der Waals surface area contributed by atoms with Gasteiger partial charge in [-0.3, -0.25) is 0 Å². The SMILES string of the molecule is CN(C)C1=C[NH+](C2=C(/C=C/COc3c([NH3+])ccc4ccccc34)CCC/C2=C\C=C2\Nc3ccc4ccccc4c3O2)C=C1. The van der Waals surface area contributed by atoms with Crippen LogP contribution in [0.25, 0.3) is 21.5 Å². The molecule has 1 aliphatic carbocycles. The van der Waals surface area contributed by atoms with Crippen molar-refractivity contribution < 1.29 is 20.1 Å². The molecule has 6 nitrogen and oxygen atoms in total. The summed E-state index contributed by atoms with van der Waals surface area (Å²) in [5.41, 5.74) is 11.2. The van der Waals surface area contributed by atoms with Crippen molar-refractivity contribution in [2.75, 3.05) is 26.0 Å². The maximum Gasteiger partial charge on any atom is 0.198 e. The first kappa shape index (κ1) is 27.8. The molecule has 0 spiro atoms. The molecule has 4 aromatic rings. The van der Waals surface area contributed by atoms with E-state index in [1.807, 2.05) is 18.2 Å². The van der Waals surface area contributed by atoms with Gasteiger partial charge in [-0.15, -0.1) is 0 Å².